The largest absolute Gasteiger partial charge is 0.335 e. The van der Waals surface area contributed by atoms with Crippen LogP contribution in [0, 0.1) is 0 Å². The number of anilines is 1. The van der Waals surface area contributed by atoms with Gasteiger partial charge in [0.05, 0.1) is 15.6 Å². The van der Waals surface area contributed by atoms with Gasteiger partial charge in [0.2, 0.25) is 0 Å². The van der Waals surface area contributed by atoms with Gasteiger partial charge in [0.15, 0.2) is 0 Å². The zero-order valence-electron chi connectivity index (χ0n) is 12.4. The van der Waals surface area contributed by atoms with Crippen LogP contribution in [-0.2, 0) is 4.79 Å². The highest BCUT2D eigenvalue weighted by Crippen LogP contribution is 2.45. The minimum Gasteiger partial charge on any atom is -0.335 e. The van der Waals surface area contributed by atoms with E-state index in [9.17, 15) is 4.79 Å². The number of fused-ring (bicyclic) bond motifs is 1. The van der Waals surface area contributed by atoms with E-state index in [2.05, 4.69) is 36.1 Å². The van der Waals surface area contributed by atoms with Crippen molar-refractivity contribution in [3.8, 4) is 0 Å². The summed E-state index contributed by atoms with van der Waals surface area (Å²) >= 11 is 8.35. The molecule has 2 aliphatic rings. The number of hydrogen-bond donors (Lipinski definition) is 0. The monoisotopic (exact) mass is 348 g/mol. The van der Waals surface area contributed by atoms with Gasteiger partial charge < -0.3 is 4.90 Å². The second-order valence-corrected chi connectivity index (χ2v) is 7.51. The van der Waals surface area contributed by atoms with Crippen LogP contribution in [0.3, 0.4) is 0 Å². The summed E-state index contributed by atoms with van der Waals surface area (Å²) in [4.78, 5) is 18.1. The van der Waals surface area contributed by atoms with Crippen molar-refractivity contribution in [3.05, 3.63) is 46.4 Å². The first-order chi connectivity index (χ1) is 10.7. The lowest BCUT2D eigenvalue weighted by Crippen LogP contribution is -2.27. The topological polar surface area (TPSA) is 23.6 Å². The molecule has 1 aromatic carbocycles. The third-order valence-corrected chi connectivity index (χ3v) is 6.05. The van der Waals surface area contributed by atoms with Gasteiger partial charge in [-0.1, -0.05) is 47.9 Å². The van der Waals surface area contributed by atoms with Crippen LogP contribution in [0.2, 0.25) is 0 Å². The van der Waals surface area contributed by atoms with Crippen molar-refractivity contribution in [2.24, 2.45) is 0 Å². The van der Waals surface area contributed by atoms with Crippen LogP contribution in [0.25, 0.3) is 0 Å². The first-order valence-electron chi connectivity index (χ1n) is 7.15. The van der Waals surface area contributed by atoms with Crippen molar-refractivity contribution >= 4 is 51.7 Å². The highest BCUT2D eigenvalue weighted by atomic mass is 32.2. The second kappa shape index (κ2) is 6.48. The quantitative estimate of drug-likeness (QED) is 0.601. The number of thiocarbonyl (C=S) groups is 1. The molecule has 2 aliphatic heterocycles. The Morgan fingerprint density at radius 1 is 1.09 bits per heavy atom. The number of rotatable bonds is 3. The Morgan fingerprint density at radius 2 is 1.82 bits per heavy atom. The standard InChI is InChI=1S/C16H16N2OS3/c1-3-17-11-7-5-6-8-12(11)21-14(17)10-9-13-15(19)18(4-2)16(20)22-13/h5-10H,3-4H2,1-2H3/b13-9+,14-10+. The summed E-state index contributed by atoms with van der Waals surface area (Å²) in [6, 6.07) is 8.36. The number of para-hydroxylation sites is 1. The summed E-state index contributed by atoms with van der Waals surface area (Å²) < 4.78 is 0.645. The van der Waals surface area contributed by atoms with E-state index in [0.717, 1.165) is 11.6 Å². The third-order valence-electron chi connectivity index (χ3n) is 3.52. The smallest absolute Gasteiger partial charge is 0.266 e. The Balaban J connectivity index is 1.87. The molecule has 0 radical (unpaired) electrons. The lowest BCUT2D eigenvalue weighted by molar-refractivity contribution is -0.122. The SMILES string of the molecule is CCN1C(=O)/C(=C\C=C2\Sc3ccccc3N2CC)SC1=S. The number of likely N-dealkylation sites (N-methyl/N-ethyl adjacent to an activating group) is 1. The van der Waals surface area contributed by atoms with Gasteiger partial charge >= 0.3 is 0 Å². The highest BCUT2D eigenvalue weighted by Gasteiger charge is 2.30. The first-order valence-corrected chi connectivity index (χ1v) is 9.20. The molecule has 114 valence electrons. The van der Waals surface area contributed by atoms with Crippen molar-refractivity contribution in [1.82, 2.24) is 4.90 Å². The van der Waals surface area contributed by atoms with Crippen LogP contribution in [0.1, 0.15) is 13.8 Å². The normalized spacial score (nSPS) is 21.4. The van der Waals surface area contributed by atoms with Crippen LogP contribution in [0.15, 0.2) is 51.2 Å². The van der Waals surface area contributed by atoms with Crippen LogP contribution < -0.4 is 4.90 Å². The van der Waals surface area contributed by atoms with Gasteiger partial charge in [-0.3, -0.25) is 9.69 Å². The third kappa shape index (κ3) is 2.71. The van der Waals surface area contributed by atoms with E-state index < -0.39 is 0 Å². The summed E-state index contributed by atoms with van der Waals surface area (Å²) in [6.07, 6.45) is 3.92. The zero-order valence-corrected chi connectivity index (χ0v) is 14.9. The van der Waals surface area contributed by atoms with Gasteiger partial charge in [0, 0.05) is 18.0 Å². The molecular formula is C16H16N2OS3. The number of thioether (sulfide) groups is 2. The van der Waals surface area contributed by atoms with Gasteiger partial charge in [0.1, 0.15) is 4.32 Å². The fourth-order valence-electron chi connectivity index (χ4n) is 2.44. The number of carbonyl (C=O) groups excluding carboxylic acids is 1. The molecular weight excluding hydrogens is 332 g/mol. The lowest BCUT2D eigenvalue weighted by atomic mass is 10.3. The predicted molar refractivity (Wildman–Crippen MR) is 99.1 cm³/mol. The van der Waals surface area contributed by atoms with E-state index in [0.29, 0.717) is 15.8 Å². The van der Waals surface area contributed by atoms with E-state index in [1.54, 1.807) is 16.7 Å². The van der Waals surface area contributed by atoms with Crippen molar-refractivity contribution in [1.29, 1.82) is 0 Å². The van der Waals surface area contributed by atoms with Crippen molar-refractivity contribution in [2.75, 3.05) is 18.0 Å². The predicted octanol–water partition coefficient (Wildman–Crippen LogP) is 4.22. The van der Waals surface area contributed by atoms with Gasteiger partial charge in [-0.25, -0.2) is 0 Å². The van der Waals surface area contributed by atoms with Gasteiger partial charge in [-0.05, 0) is 38.1 Å². The van der Waals surface area contributed by atoms with E-state index in [4.69, 9.17) is 12.2 Å². The number of nitrogens with zero attached hydrogens (tertiary/aromatic N) is 2. The molecule has 22 heavy (non-hydrogen) atoms. The summed E-state index contributed by atoms with van der Waals surface area (Å²) in [5.41, 5.74) is 1.23. The minimum absolute atomic E-state index is 0.0120. The molecule has 1 aromatic rings. The summed E-state index contributed by atoms with van der Waals surface area (Å²) in [7, 11) is 0. The maximum atomic E-state index is 12.2. The number of allylic oxidation sites excluding steroid dienone is 2. The van der Waals surface area contributed by atoms with Crippen LogP contribution in [-0.4, -0.2) is 28.2 Å². The van der Waals surface area contributed by atoms with E-state index in [1.807, 2.05) is 19.1 Å². The van der Waals surface area contributed by atoms with Gasteiger partial charge in [-0.15, -0.1) is 0 Å². The molecule has 0 aliphatic carbocycles. The number of hydrogen-bond acceptors (Lipinski definition) is 5. The van der Waals surface area contributed by atoms with Crippen LogP contribution >= 0.6 is 35.7 Å². The maximum absolute atomic E-state index is 12.2. The Hall–Kier alpha value is -1.24. The molecule has 1 fully saturated rings. The maximum Gasteiger partial charge on any atom is 0.266 e. The lowest BCUT2D eigenvalue weighted by Gasteiger charge is -2.17. The number of carbonyl (C=O) groups is 1. The molecule has 1 amide bonds. The van der Waals surface area contributed by atoms with E-state index >= 15 is 0 Å². The van der Waals surface area contributed by atoms with Gasteiger partial charge in [-0.2, -0.15) is 0 Å². The molecule has 3 nitrogen and oxygen atoms in total. The minimum atomic E-state index is 0.0120. The molecule has 0 unspecified atom stereocenters. The van der Waals surface area contributed by atoms with Crippen molar-refractivity contribution in [2.45, 2.75) is 18.7 Å². The molecule has 0 aromatic heterocycles. The average molecular weight is 349 g/mol. The molecule has 1 saturated heterocycles. The molecule has 0 atom stereocenters. The molecule has 0 bridgehead atoms. The van der Waals surface area contributed by atoms with Crippen molar-refractivity contribution in [3.63, 3.8) is 0 Å². The molecule has 2 heterocycles. The van der Waals surface area contributed by atoms with Crippen LogP contribution in [0.4, 0.5) is 5.69 Å². The molecule has 0 spiro atoms. The summed E-state index contributed by atoms with van der Waals surface area (Å²) in [6.45, 7) is 5.60. The molecule has 6 heteroatoms. The Kier molecular flexibility index (Phi) is 4.61. The second-order valence-electron chi connectivity index (χ2n) is 4.77. The fourth-order valence-corrected chi connectivity index (χ4v) is 4.89. The zero-order chi connectivity index (χ0) is 15.7. The Labute approximate surface area is 144 Å². The average Bonchev–Trinajstić information content (AvgIpc) is 3.01. The molecule has 0 N–H and O–H groups in total. The van der Waals surface area contributed by atoms with E-state index in [1.165, 1.54) is 22.3 Å². The highest BCUT2D eigenvalue weighted by molar-refractivity contribution is 8.26. The summed E-state index contributed by atoms with van der Waals surface area (Å²) in [5.74, 6) is 0.0120. The van der Waals surface area contributed by atoms with Gasteiger partial charge in [0.25, 0.3) is 5.91 Å². The van der Waals surface area contributed by atoms with Crippen molar-refractivity contribution < 1.29 is 4.79 Å². The van der Waals surface area contributed by atoms with E-state index in [-0.39, 0.29) is 5.91 Å². The first kappa shape index (κ1) is 15.6. The van der Waals surface area contributed by atoms with Crippen LogP contribution in [0.5, 0.6) is 0 Å². The molecule has 3 rings (SSSR count). The Bertz CT molecular complexity index is 696. The Morgan fingerprint density at radius 3 is 2.50 bits per heavy atom. The summed E-state index contributed by atoms with van der Waals surface area (Å²) in [5, 5.41) is 1.14. The fraction of sp³-hybridized carbons (Fsp3) is 0.250. The number of benzene rings is 1. The molecule has 0 saturated carbocycles. The number of amides is 1.